The zero-order valence-electron chi connectivity index (χ0n) is 70.7. The quantitative estimate of drug-likeness (QED) is 0.0199. The van der Waals surface area contributed by atoms with E-state index < -0.39 is 192 Å². The van der Waals surface area contributed by atoms with Crippen LogP contribution in [-0.4, -0.2) is 211 Å². The summed E-state index contributed by atoms with van der Waals surface area (Å²) in [7, 11) is 0. The smallest absolute Gasteiger partial charge is 0.243 e. The fourth-order valence-corrected chi connectivity index (χ4v) is 13.8. The number of aliphatic hydroxyl groups excluding tert-OH is 1. The van der Waals surface area contributed by atoms with E-state index in [4.69, 9.17) is 22.9 Å². The minimum absolute atomic E-state index is 0.0365. The number of hydrogen-bond acceptors (Lipinski definition) is 20. The van der Waals surface area contributed by atoms with Gasteiger partial charge in [-0.2, -0.15) is 0 Å². The molecule has 0 saturated carbocycles. The van der Waals surface area contributed by atoms with Crippen LogP contribution in [0.4, 0.5) is 0 Å². The van der Waals surface area contributed by atoms with Gasteiger partial charge in [0.2, 0.25) is 94.5 Å². The SMILES string of the molecule is CC[C@H](C)[C@H](NC(=O)[C@H](Cc1c[nH]c2ccccc12)NC(=O)[C@H](Cc1ccccc1)NC(=O)[C@H](Cc1ccc(O)cc1)NC(=O)[C@H](CCC(N)=O)NC(C)=O)C(=O)N[C@@H](C)C(=O)N[C@@H](Cc1c[nH]c2ccccc12)C(=O)N[C@@H](Cc1ccc(O)cc1)C(=O)N[C@@H](CCCCN)C(=O)N[C@@H](CC(C)C)C(=O)N[C@@H](C)C(=O)N[C@@H](CC(N)=O)C(=O)N[C@@H](CO)C(N)=O. The molecule has 0 spiro atoms. The lowest BCUT2D eigenvalue weighted by Crippen LogP contribution is -2.62. The third-order valence-corrected chi connectivity index (χ3v) is 20.9. The molecule has 7 aromatic rings. The largest absolute Gasteiger partial charge is 0.508 e. The zero-order chi connectivity index (χ0) is 91.7. The highest BCUT2D eigenvalue weighted by Gasteiger charge is 2.39. The lowest BCUT2D eigenvalue weighted by Gasteiger charge is -2.29. The predicted octanol–water partition coefficient (Wildman–Crippen LogP) is -1.22. The van der Waals surface area contributed by atoms with E-state index in [1.54, 1.807) is 119 Å². The Hall–Kier alpha value is -13.8. The molecular weight excluding hydrogens is 1620 g/mol. The topological polar surface area (TPSA) is 626 Å². The minimum atomic E-state index is -1.70. The summed E-state index contributed by atoms with van der Waals surface area (Å²) in [4.78, 5) is 230. The van der Waals surface area contributed by atoms with Crippen LogP contribution in [0.5, 0.6) is 11.5 Å². The van der Waals surface area contributed by atoms with E-state index in [1.165, 1.54) is 62.4 Å². The van der Waals surface area contributed by atoms with Crippen molar-refractivity contribution < 1.29 is 92.0 Å². The molecule has 672 valence electrons. The van der Waals surface area contributed by atoms with Crippen molar-refractivity contribution in [3.8, 4) is 11.5 Å². The number of para-hydroxylation sites is 2. The number of aromatic amines is 2. The van der Waals surface area contributed by atoms with Crippen LogP contribution in [0.25, 0.3) is 21.8 Å². The van der Waals surface area contributed by atoms with E-state index >= 15 is 24.0 Å². The molecule has 0 aliphatic rings. The Bertz CT molecular complexity index is 4930. The Morgan fingerprint density at radius 1 is 0.376 bits per heavy atom. The third-order valence-electron chi connectivity index (χ3n) is 20.9. The first-order valence-corrected chi connectivity index (χ1v) is 41.2. The number of unbranched alkanes of at least 4 members (excludes halogenated alkanes) is 1. The van der Waals surface area contributed by atoms with Crippen molar-refractivity contribution in [2.45, 2.75) is 210 Å². The Morgan fingerprint density at radius 3 is 1.17 bits per heavy atom. The Kier molecular flexibility index (Phi) is 37.9. The van der Waals surface area contributed by atoms with Crippen molar-refractivity contribution in [3.63, 3.8) is 0 Å². The number of carbonyl (C=O) groups excluding carboxylic acids is 16. The first-order chi connectivity index (χ1) is 59.4. The van der Waals surface area contributed by atoms with E-state index in [1.807, 2.05) is 0 Å². The first-order valence-electron chi connectivity index (χ1n) is 41.2. The molecule has 0 unspecified atom stereocenters. The van der Waals surface area contributed by atoms with E-state index in [-0.39, 0.29) is 94.6 Å². The van der Waals surface area contributed by atoms with Crippen LogP contribution in [0, 0.1) is 11.8 Å². The van der Waals surface area contributed by atoms with Crippen LogP contribution in [-0.2, 0) is 109 Å². The highest BCUT2D eigenvalue weighted by Crippen LogP contribution is 2.24. The number of hydrogen-bond donors (Lipinski definition) is 22. The van der Waals surface area contributed by atoms with Crippen LogP contribution < -0.4 is 92.1 Å². The fraction of sp³-hybridized carbons (Fsp3) is 0.425. The van der Waals surface area contributed by atoms with Crippen molar-refractivity contribution in [3.05, 3.63) is 168 Å². The maximum absolute atomic E-state index is 15.4. The third kappa shape index (κ3) is 31.0. The lowest BCUT2D eigenvalue weighted by atomic mass is 9.96. The molecule has 7 rings (SSSR count). The molecule has 2 heterocycles. The van der Waals surface area contributed by atoms with Gasteiger partial charge < -0.3 is 117 Å². The molecule has 26 N–H and O–H groups in total. The number of aromatic hydroxyl groups is 2. The molecule has 38 heteroatoms. The average Bonchev–Trinajstić information content (AvgIpc) is 1.71. The Morgan fingerprint density at radius 2 is 0.744 bits per heavy atom. The van der Waals surface area contributed by atoms with E-state index in [9.17, 15) is 68.1 Å². The number of primary amides is 3. The van der Waals surface area contributed by atoms with Crippen LogP contribution in [0.15, 0.2) is 140 Å². The number of aliphatic hydroxyl groups is 1. The summed E-state index contributed by atoms with van der Waals surface area (Å²) in [6.07, 6.45) is 1.55. The van der Waals surface area contributed by atoms with Gasteiger partial charge in [-0.3, -0.25) is 76.7 Å². The maximum atomic E-state index is 15.4. The van der Waals surface area contributed by atoms with Crippen molar-refractivity contribution in [1.29, 1.82) is 0 Å². The number of phenols is 2. The first kappa shape index (κ1) is 98.3. The monoisotopic (exact) mass is 1730 g/mol. The van der Waals surface area contributed by atoms with Gasteiger partial charge in [-0.15, -0.1) is 0 Å². The van der Waals surface area contributed by atoms with Gasteiger partial charge in [0, 0.05) is 79.6 Å². The lowest BCUT2D eigenvalue weighted by molar-refractivity contribution is -0.136. The van der Waals surface area contributed by atoms with Gasteiger partial charge in [0.25, 0.3) is 0 Å². The van der Waals surface area contributed by atoms with Gasteiger partial charge in [-0.05, 0) is 129 Å². The van der Waals surface area contributed by atoms with Gasteiger partial charge >= 0.3 is 0 Å². The second kappa shape index (κ2) is 48.2. The van der Waals surface area contributed by atoms with Crippen LogP contribution in [0.1, 0.15) is 128 Å². The summed E-state index contributed by atoms with van der Waals surface area (Å²) in [5.41, 5.74) is 25.7. The molecule has 125 heavy (non-hydrogen) atoms. The van der Waals surface area contributed by atoms with E-state index in [0.29, 0.717) is 56.0 Å². The van der Waals surface area contributed by atoms with Crippen LogP contribution in [0.2, 0.25) is 0 Å². The fourth-order valence-electron chi connectivity index (χ4n) is 13.8. The molecule has 0 fully saturated rings. The van der Waals surface area contributed by atoms with Crippen molar-refractivity contribution in [2.24, 2.45) is 34.8 Å². The number of rotatable bonds is 50. The Balaban J connectivity index is 1.15. The van der Waals surface area contributed by atoms with Crippen molar-refractivity contribution in [2.75, 3.05) is 13.2 Å². The second-order valence-corrected chi connectivity index (χ2v) is 31.4. The van der Waals surface area contributed by atoms with Gasteiger partial charge in [-0.25, -0.2) is 0 Å². The number of benzene rings is 5. The van der Waals surface area contributed by atoms with Crippen LogP contribution in [0.3, 0.4) is 0 Å². The number of carbonyl (C=O) groups is 16. The summed E-state index contributed by atoms with van der Waals surface area (Å²) in [5, 5.41) is 65.4. The molecule has 38 nitrogen and oxygen atoms in total. The van der Waals surface area contributed by atoms with E-state index in [2.05, 4.69) is 79.1 Å². The summed E-state index contributed by atoms with van der Waals surface area (Å²) in [5.74, 6) is -15.9. The van der Waals surface area contributed by atoms with E-state index in [0.717, 1.165) is 6.92 Å². The number of nitrogens with two attached hydrogens (primary N) is 4. The summed E-state index contributed by atoms with van der Waals surface area (Å²) in [6, 6.07) is 14.6. The second-order valence-electron chi connectivity index (χ2n) is 31.4. The zero-order valence-corrected chi connectivity index (χ0v) is 70.7. The van der Waals surface area contributed by atoms with Gasteiger partial charge in [0.1, 0.15) is 90.0 Å². The molecule has 0 saturated heterocycles. The predicted molar refractivity (Wildman–Crippen MR) is 460 cm³/mol. The summed E-state index contributed by atoms with van der Waals surface area (Å²) >= 11 is 0. The molecule has 14 atom stereocenters. The number of fused-ring (bicyclic) bond motifs is 2. The number of aromatic nitrogens is 2. The average molecular weight is 1730 g/mol. The number of amides is 16. The highest BCUT2D eigenvalue weighted by atomic mass is 16.3. The van der Waals surface area contributed by atoms with Crippen molar-refractivity contribution >= 4 is 116 Å². The summed E-state index contributed by atoms with van der Waals surface area (Å²) in [6.45, 7) is 9.87. The highest BCUT2D eigenvalue weighted by molar-refractivity contribution is 6.01. The molecule has 0 aliphatic heterocycles. The molecule has 0 aliphatic carbocycles. The minimum Gasteiger partial charge on any atom is -0.508 e. The normalized spacial score (nSPS) is 14.6. The van der Waals surface area contributed by atoms with Crippen molar-refractivity contribution in [1.82, 2.24) is 79.1 Å². The molecule has 0 radical (unpaired) electrons. The number of nitrogens with one attached hydrogen (secondary N) is 15. The molecule has 0 bridgehead atoms. The molecule has 16 amide bonds. The Labute approximate surface area is 721 Å². The van der Waals surface area contributed by atoms with Gasteiger partial charge in [0.15, 0.2) is 0 Å². The van der Waals surface area contributed by atoms with Gasteiger partial charge in [-0.1, -0.05) is 125 Å². The maximum Gasteiger partial charge on any atom is 0.243 e. The van der Waals surface area contributed by atoms with Gasteiger partial charge in [0.05, 0.1) is 13.0 Å². The number of H-pyrrole nitrogens is 2. The standard InChI is InChI=1S/C87H115N19O19/c1-8-47(4)74(106-86(124)69(41-55-44-93-61-23-15-13-21-59(55)61)104-83(121)65(37-51-18-10-9-11-19-51)102-82(120)67(39-53-27-31-57(110)32-28-53)101-79(117)63(96-50(7)108)33-34-72(89)111)87(125)95-49(6)77(115)98-68(40-54-43-92-60-22-14-12-20-58(54)60)84(122)103-66(38-52-25-29-56(109)30-26-52)81(119)97-62(24-16-17-35-88)78(116)100-64(36-46(2)3)80(118)94-48(5)76(114)99-70(42-73(90)112)85(123)105-71(45-107)75(91)113/h9-15,18-23,25-32,43-44,46-49,62-71,74,92-93,107,109-110H,8,16-17,24,33-42,45,88H2,1-7H3,(H2,89,111)(H2,90,112)(H2,91,113)(H,94,118)(H,95,125)(H,96,108)(H,97,119)(H,98,115)(H,99,114)(H,100,116)(H,101,117)(H,102,120)(H,103,122)(H,104,121)(H,105,123)(H,106,124)/t47-,48-,49-,62-,63-,64-,65-,66-,67-,68-,69-,70-,71-,74-/m0/s1. The van der Waals surface area contributed by atoms with Crippen LogP contribution >= 0.6 is 0 Å². The molecular formula is C87H115N19O19. The summed E-state index contributed by atoms with van der Waals surface area (Å²) < 4.78 is 0. The number of phenolic OH excluding ortho intramolecular Hbond substituents is 2. The molecule has 2 aromatic heterocycles. The molecule has 5 aromatic carbocycles.